The molecule has 0 radical (unpaired) electrons. The summed E-state index contributed by atoms with van der Waals surface area (Å²) < 4.78 is 8.84. The van der Waals surface area contributed by atoms with Crippen molar-refractivity contribution >= 4 is 23.9 Å². The summed E-state index contributed by atoms with van der Waals surface area (Å²) in [4.78, 5) is 39.8. The molecule has 0 unspecified atom stereocenters. The van der Waals surface area contributed by atoms with Crippen LogP contribution in [0.1, 0.15) is 34.6 Å². The summed E-state index contributed by atoms with van der Waals surface area (Å²) >= 11 is 0. The van der Waals surface area contributed by atoms with Crippen molar-refractivity contribution in [3.8, 4) is 0 Å². The van der Waals surface area contributed by atoms with E-state index in [1.165, 1.54) is 21.0 Å². The number of hydrogen-bond acceptors (Lipinski definition) is 6. The zero-order valence-corrected chi connectivity index (χ0v) is 16.9. The molecule has 0 amide bonds. The SMILES string of the molecule is C=C(C)C(=O)O.C=C(C)C(=O)O.C=C(C)C(=O)OC.C=C(C)C(=O)OCC. The molecule has 0 bridgehead atoms. The predicted octanol–water partition coefficient (Wildman–Crippen LogP) is 3.16. The smallest absolute Gasteiger partial charge is 0.333 e. The maximum Gasteiger partial charge on any atom is 0.333 e. The Morgan fingerprint density at radius 1 is 0.704 bits per heavy atom. The van der Waals surface area contributed by atoms with Crippen LogP contribution in [0.5, 0.6) is 0 Å². The summed E-state index contributed by atoms with van der Waals surface area (Å²) in [7, 11) is 1.33. The summed E-state index contributed by atoms with van der Waals surface area (Å²) in [5.74, 6) is -2.53. The molecule has 8 heteroatoms. The molecule has 0 aromatic carbocycles. The standard InChI is InChI=1S/C6H10O2.C5H8O2.2C4H6O2/c1-4-8-6(7)5(2)3;1-4(2)5(6)7-3;2*1-3(2)4(5)6/h2,4H2,1,3H3;1H2,2-3H3;2*1H2,2H3,(H,5,6). The van der Waals surface area contributed by atoms with Gasteiger partial charge in [0, 0.05) is 22.3 Å². The van der Waals surface area contributed by atoms with Crippen LogP contribution in [-0.2, 0) is 28.7 Å². The Morgan fingerprint density at radius 2 is 0.963 bits per heavy atom. The van der Waals surface area contributed by atoms with Gasteiger partial charge in [-0.25, -0.2) is 19.2 Å². The topological polar surface area (TPSA) is 127 Å². The molecule has 0 saturated heterocycles. The fraction of sp³-hybridized carbons (Fsp3) is 0.368. The molecule has 0 aromatic heterocycles. The second kappa shape index (κ2) is 19.2. The number of carboxylic acids is 2. The van der Waals surface area contributed by atoms with E-state index in [-0.39, 0.29) is 23.1 Å². The molecular formula is C19H30O8. The number of carbonyl (C=O) groups is 4. The number of esters is 2. The van der Waals surface area contributed by atoms with E-state index in [0.717, 1.165) is 0 Å². The largest absolute Gasteiger partial charge is 0.478 e. The first-order valence-corrected chi connectivity index (χ1v) is 7.49. The highest BCUT2D eigenvalue weighted by Crippen LogP contribution is 1.89. The molecule has 0 aromatic rings. The van der Waals surface area contributed by atoms with Gasteiger partial charge >= 0.3 is 23.9 Å². The van der Waals surface area contributed by atoms with Gasteiger partial charge in [-0.15, -0.1) is 0 Å². The maximum absolute atomic E-state index is 10.4. The Kier molecular flexibility index (Phi) is 22.4. The normalized spacial score (nSPS) is 7.78. The second-order valence-corrected chi connectivity index (χ2v) is 4.94. The summed E-state index contributed by atoms with van der Waals surface area (Å²) in [6.45, 7) is 21.4. The van der Waals surface area contributed by atoms with E-state index >= 15 is 0 Å². The monoisotopic (exact) mass is 386 g/mol. The van der Waals surface area contributed by atoms with Gasteiger partial charge in [0.05, 0.1) is 13.7 Å². The third-order valence-electron chi connectivity index (χ3n) is 1.89. The van der Waals surface area contributed by atoms with Gasteiger partial charge in [0.2, 0.25) is 0 Å². The van der Waals surface area contributed by atoms with E-state index < -0.39 is 11.9 Å². The minimum Gasteiger partial charge on any atom is -0.478 e. The molecule has 0 fully saturated rings. The van der Waals surface area contributed by atoms with Crippen LogP contribution in [0.4, 0.5) is 0 Å². The van der Waals surface area contributed by atoms with Crippen LogP contribution in [0, 0.1) is 0 Å². The van der Waals surface area contributed by atoms with Gasteiger partial charge in [-0.3, -0.25) is 0 Å². The molecule has 2 N–H and O–H groups in total. The van der Waals surface area contributed by atoms with Crippen molar-refractivity contribution in [2.75, 3.05) is 13.7 Å². The Hall–Kier alpha value is -3.16. The number of carboxylic acid groups (broad SMARTS) is 2. The lowest BCUT2D eigenvalue weighted by atomic mass is 10.4. The van der Waals surface area contributed by atoms with Crippen molar-refractivity contribution in [3.05, 3.63) is 48.6 Å². The van der Waals surface area contributed by atoms with Gasteiger partial charge < -0.3 is 19.7 Å². The number of carbonyl (C=O) groups excluding carboxylic acids is 2. The van der Waals surface area contributed by atoms with E-state index in [4.69, 9.17) is 10.2 Å². The van der Waals surface area contributed by atoms with Gasteiger partial charge in [-0.2, -0.15) is 0 Å². The van der Waals surface area contributed by atoms with Crippen molar-refractivity contribution in [1.29, 1.82) is 0 Å². The number of aliphatic carboxylic acids is 2. The first-order valence-electron chi connectivity index (χ1n) is 7.49. The van der Waals surface area contributed by atoms with E-state index in [2.05, 4.69) is 35.8 Å². The fourth-order valence-electron chi connectivity index (χ4n) is 0.429. The molecule has 0 saturated carbocycles. The number of hydrogen-bond donors (Lipinski definition) is 2. The van der Waals surface area contributed by atoms with Gasteiger partial charge in [0.15, 0.2) is 0 Å². The summed E-state index contributed by atoms with van der Waals surface area (Å²) in [6.07, 6.45) is 0. The lowest BCUT2D eigenvalue weighted by molar-refractivity contribution is -0.138. The molecule has 27 heavy (non-hydrogen) atoms. The summed E-state index contributed by atoms with van der Waals surface area (Å²) in [5, 5.41) is 15.8. The molecule has 0 aliphatic rings. The van der Waals surface area contributed by atoms with Gasteiger partial charge in [0.1, 0.15) is 0 Å². The number of methoxy groups -OCH3 is 1. The molecule has 0 heterocycles. The van der Waals surface area contributed by atoms with E-state index in [9.17, 15) is 19.2 Å². The molecule has 0 aliphatic carbocycles. The lowest BCUT2D eigenvalue weighted by Gasteiger charge is -1.96. The molecule has 0 spiro atoms. The average molecular weight is 386 g/mol. The Labute approximate surface area is 160 Å². The van der Waals surface area contributed by atoms with Crippen LogP contribution >= 0.6 is 0 Å². The summed E-state index contributed by atoms with van der Waals surface area (Å²) in [5.41, 5.74) is 1.24. The Balaban J connectivity index is -0.000000132. The quantitative estimate of drug-likeness (QED) is 0.545. The van der Waals surface area contributed by atoms with Crippen LogP contribution in [0.15, 0.2) is 48.6 Å². The van der Waals surface area contributed by atoms with Gasteiger partial charge in [0.25, 0.3) is 0 Å². The zero-order valence-electron chi connectivity index (χ0n) is 16.9. The Bertz CT molecular complexity index is 522. The summed E-state index contributed by atoms with van der Waals surface area (Å²) in [6, 6.07) is 0. The van der Waals surface area contributed by atoms with Crippen LogP contribution in [0.3, 0.4) is 0 Å². The Morgan fingerprint density at radius 3 is 1.00 bits per heavy atom. The lowest BCUT2D eigenvalue weighted by Crippen LogP contribution is -2.03. The van der Waals surface area contributed by atoms with Crippen molar-refractivity contribution < 1.29 is 38.9 Å². The molecule has 0 aliphatic heterocycles. The predicted molar refractivity (Wildman–Crippen MR) is 103 cm³/mol. The van der Waals surface area contributed by atoms with Crippen molar-refractivity contribution in [1.82, 2.24) is 0 Å². The number of ether oxygens (including phenoxy) is 2. The number of rotatable bonds is 5. The van der Waals surface area contributed by atoms with E-state index in [1.54, 1.807) is 20.8 Å². The first kappa shape index (κ1) is 31.6. The molecule has 0 rings (SSSR count). The van der Waals surface area contributed by atoms with Gasteiger partial charge in [-0.1, -0.05) is 26.3 Å². The zero-order chi connectivity index (χ0) is 22.7. The highest BCUT2D eigenvalue weighted by atomic mass is 16.5. The van der Waals surface area contributed by atoms with Crippen LogP contribution < -0.4 is 0 Å². The minimum absolute atomic E-state index is 0.176. The van der Waals surface area contributed by atoms with Crippen molar-refractivity contribution in [3.63, 3.8) is 0 Å². The minimum atomic E-state index is -0.935. The maximum atomic E-state index is 10.4. The third kappa shape index (κ3) is 31.2. The molecular weight excluding hydrogens is 356 g/mol. The first-order chi connectivity index (χ1) is 12.1. The van der Waals surface area contributed by atoms with Crippen LogP contribution in [0.2, 0.25) is 0 Å². The highest BCUT2D eigenvalue weighted by Gasteiger charge is 1.98. The third-order valence-corrected chi connectivity index (χ3v) is 1.89. The van der Waals surface area contributed by atoms with Crippen molar-refractivity contribution in [2.45, 2.75) is 34.6 Å². The fourth-order valence-corrected chi connectivity index (χ4v) is 0.429. The second-order valence-electron chi connectivity index (χ2n) is 4.94. The van der Waals surface area contributed by atoms with Crippen molar-refractivity contribution in [2.24, 2.45) is 0 Å². The molecule has 0 atom stereocenters. The average Bonchev–Trinajstić information content (AvgIpc) is 2.55. The van der Waals surface area contributed by atoms with E-state index in [1.807, 2.05) is 0 Å². The van der Waals surface area contributed by atoms with Crippen LogP contribution in [0.25, 0.3) is 0 Å². The van der Waals surface area contributed by atoms with Gasteiger partial charge in [-0.05, 0) is 34.6 Å². The highest BCUT2D eigenvalue weighted by molar-refractivity contribution is 5.87. The van der Waals surface area contributed by atoms with E-state index in [0.29, 0.717) is 17.8 Å². The molecule has 8 nitrogen and oxygen atoms in total. The molecule has 154 valence electrons. The van der Waals surface area contributed by atoms with Crippen LogP contribution in [-0.4, -0.2) is 47.8 Å².